The summed E-state index contributed by atoms with van der Waals surface area (Å²) in [7, 11) is 0. The molecule has 1 aliphatic carbocycles. The molecule has 1 fully saturated rings. The van der Waals surface area contributed by atoms with Gasteiger partial charge in [-0.1, -0.05) is 41.7 Å². The maximum absolute atomic E-state index is 12.0. The van der Waals surface area contributed by atoms with Crippen molar-refractivity contribution in [1.29, 1.82) is 0 Å². The molecule has 24 heavy (non-hydrogen) atoms. The van der Waals surface area contributed by atoms with E-state index in [2.05, 4.69) is 36.8 Å². The molecule has 1 aliphatic rings. The number of hydrogen-bond donors (Lipinski definition) is 2. The van der Waals surface area contributed by atoms with Gasteiger partial charge in [0.1, 0.15) is 0 Å². The second kappa shape index (κ2) is 8.09. The number of benzene rings is 1. The van der Waals surface area contributed by atoms with Gasteiger partial charge >= 0.3 is 0 Å². The molecule has 0 bridgehead atoms. The Morgan fingerprint density at radius 3 is 2.75 bits per heavy atom. The van der Waals surface area contributed by atoms with E-state index in [1.54, 1.807) is 0 Å². The van der Waals surface area contributed by atoms with Crippen LogP contribution in [0.2, 0.25) is 0 Å². The highest BCUT2D eigenvalue weighted by molar-refractivity contribution is 9.10. The van der Waals surface area contributed by atoms with E-state index in [9.17, 15) is 9.59 Å². The normalized spacial score (nSPS) is 14.0. The molecule has 1 aromatic heterocycles. The van der Waals surface area contributed by atoms with Crippen molar-refractivity contribution in [3.63, 3.8) is 0 Å². The van der Waals surface area contributed by atoms with Crippen LogP contribution in [0.15, 0.2) is 33.1 Å². The van der Waals surface area contributed by atoms with E-state index in [0.29, 0.717) is 9.47 Å². The molecule has 1 aromatic carbocycles. The van der Waals surface area contributed by atoms with Gasteiger partial charge < -0.3 is 10.6 Å². The molecule has 0 spiro atoms. The number of nitrogens with one attached hydrogen (secondary N) is 2. The van der Waals surface area contributed by atoms with Crippen LogP contribution in [0.1, 0.15) is 19.3 Å². The third-order valence-electron chi connectivity index (χ3n) is 3.59. The zero-order valence-corrected chi connectivity index (χ0v) is 15.8. The summed E-state index contributed by atoms with van der Waals surface area (Å²) in [5.74, 6) is 0.231. The Kier molecular flexibility index (Phi) is 5.85. The summed E-state index contributed by atoms with van der Waals surface area (Å²) in [6.07, 6.45) is 3.00. The largest absolute Gasteiger partial charge is 0.324 e. The van der Waals surface area contributed by atoms with Crippen LogP contribution in [-0.2, 0) is 9.59 Å². The number of halogens is 1. The molecule has 0 radical (unpaired) electrons. The SMILES string of the molecule is O=C(CSc1nnc(NC(=O)C2CCC2)s1)Nc1ccccc1Br. The van der Waals surface area contributed by atoms with E-state index >= 15 is 0 Å². The van der Waals surface area contributed by atoms with Crippen LogP contribution in [0.3, 0.4) is 0 Å². The van der Waals surface area contributed by atoms with Gasteiger partial charge in [0.15, 0.2) is 4.34 Å². The van der Waals surface area contributed by atoms with Crippen LogP contribution in [0.4, 0.5) is 10.8 Å². The van der Waals surface area contributed by atoms with Gasteiger partial charge in [-0.3, -0.25) is 9.59 Å². The van der Waals surface area contributed by atoms with E-state index in [0.717, 1.165) is 29.4 Å². The van der Waals surface area contributed by atoms with Gasteiger partial charge in [0.05, 0.1) is 11.4 Å². The first-order valence-electron chi connectivity index (χ1n) is 7.43. The maximum Gasteiger partial charge on any atom is 0.234 e. The zero-order valence-electron chi connectivity index (χ0n) is 12.6. The minimum Gasteiger partial charge on any atom is -0.324 e. The lowest BCUT2D eigenvalue weighted by molar-refractivity contribution is -0.122. The number of para-hydroxylation sites is 1. The zero-order chi connectivity index (χ0) is 16.9. The summed E-state index contributed by atoms with van der Waals surface area (Å²) in [4.78, 5) is 23.8. The first-order chi connectivity index (χ1) is 11.6. The van der Waals surface area contributed by atoms with Crippen molar-refractivity contribution < 1.29 is 9.59 Å². The number of nitrogens with zero attached hydrogens (tertiary/aromatic N) is 2. The summed E-state index contributed by atoms with van der Waals surface area (Å²) in [5, 5.41) is 14.0. The molecule has 0 unspecified atom stereocenters. The average Bonchev–Trinajstić information content (AvgIpc) is 2.93. The first-order valence-corrected chi connectivity index (χ1v) is 10.0. The lowest BCUT2D eigenvalue weighted by atomic mass is 9.85. The fourth-order valence-corrected chi connectivity index (χ4v) is 4.01. The minimum absolute atomic E-state index is 0.0145. The molecule has 6 nitrogen and oxygen atoms in total. The molecule has 0 atom stereocenters. The van der Waals surface area contributed by atoms with Gasteiger partial charge in [-0.05, 0) is 40.9 Å². The molecular weight excluding hydrogens is 412 g/mol. The van der Waals surface area contributed by atoms with Crippen molar-refractivity contribution in [2.75, 3.05) is 16.4 Å². The van der Waals surface area contributed by atoms with Crippen LogP contribution >= 0.6 is 39.0 Å². The average molecular weight is 427 g/mol. The third kappa shape index (κ3) is 4.55. The van der Waals surface area contributed by atoms with Crippen LogP contribution in [0, 0.1) is 5.92 Å². The molecule has 2 amide bonds. The lowest BCUT2D eigenvalue weighted by Gasteiger charge is -2.23. The minimum atomic E-state index is -0.123. The van der Waals surface area contributed by atoms with Crippen LogP contribution in [-0.4, -0.2) is 27.8 Å². The number of thioether (sulfide) groups is 1. The Labute approximate surface area is 155 Å². The Balaban J connectivity index is 1.47. The molecule has 9 heteroatoms. The van der Waals surface area contributed by atoms with E-state index < -0.39 is 0 Å². The monoisotopic (exact) mass is 426 g/mol. The molecule has 1 saturated carbocycles. The van der Waals surface area contributed by atoms with Crippen molar-refractivity contribution in [2.24, 2.45) is 5.92 Å². The van der Waals surface area contributed by atoms with Crippen molar-refractivity contribution in [1.82, 2.24) is 10.2 Å². The summed E-state index contributed by atoms with van der Waals surface area (Å²) in [6.45, 7) is 0. The number of anilines is 2. The van der Waals surface area contributed by atoms with Crippen molar-refractivity contribution in [3.05, 3.63) is 28.7 Å². The fourth-order valence-electron chi connectivity index (χ4n) is 2.07. The number of carbonyl (C=O) groups is 2. The standard InChI is InChI=1S/C15H15BrN4O2S2/c16-10-6-1-2-7-11(10)17-12(21)8-23-15-20-19-14(24-15)18-13(22)9-4-3-5-9/h1-2,6-7,9H,3-5,8H2,(H,17,21)(H,18,19,22). The van der Waals surface area contributed by atoms with E-state index in [1.807, 2.05) is 24.3 Å². The summed E-state index contributed by atoms with van der Waals surface area (Å²) < 4.78 is 1.49. The predicted octanol–water partition coefficient (Wildman–Crippen LogP) is 3.77. The Morgan fingerprint density at radius 1 is 1.25 bits per heavy atom. The highest BCUT2D eigenvalue weighted by Gasteiger charge is 2.26. The Morgan fingerprint density at radius 2 is 2.04 bits per heavy atom. The van der Waals surface area contributed by atoms with Crippen LogP contribution < -0.4 is 10.6 Å². The molecular formula is C15H15BrN4O2S2. The fraction of sp³-hybridized carbons (Fsp3) is 0.333. The third-order valence-corrected chi connectivity index (χ3v) is 6.25. The first kappa shape index (κ1) is 17.4. The Hall–Kier alpha value is -1.45. The van der Waals surface area contributed by atoms with Gasteiger partial charge in [-0.25, -0.2) is 0 Å². The van der Waals surface area contributed by atoms with Crippen molar-refractivity contribution >= 4 is 61.7 Å². The van der Waals surface area contributed by atoms with Gasteiger partial charge in [-0.2, -0.15) is 0 Å². The van der Waals surface area contributed by atoms with E-state index in [1.165, 1.54) is 23.1 Å². The number of amides is 2. The number of rotatable bonds is 6. The van der Waals surface area contributed by atoms with Gasteiger partial charge in [0, 0.05) is 10.4 Å². The van der Waals surface area contributed by atoms with E-state index in [4.69, 9.17) is 0 Å². The van der Waals surface area contributed by atoms with Crippen LogP contribution in [0.5, 0.6) is 0 Å². The molecule has 1 heterocycles. The van der Waals surface area contributed by atoms with Crippen LogP contribution in [0.25, 0.3) is 0 Å². The summed E-state index contributed by atoms with van der Waals surface area (Å²) in [6, 6.07) is 7.43. The second-order valence-corrected chi connectivity index (χ2v) is 8.36. The maximum atomic E-state index is 12.0. The number of aromatic nitrogens is 2. The topological polar surface area (TPSA) is 84.0 Å². The van der Waals surface area contributed by atoms with Gasteiger partial charge in [-0.15, -0.1) is 10.2 Å². The number of carbonyl (C=O) groups excluding carboxylic acids is 2. The predicted molar refractivity (Wildman–Crippen MR) is 99.4 cm³/mol. The quantitative estimate of drug-likeness (QED) is 0.542. The molecule has 126 valence electrons. The highest BCUT2D eigenvalue weighted by Crippen LogP contribution is 2.30. The Bertz CT molecular complexity index is 749. The van der Waals surface area contributed by atoms with E-state index in [-0.39, 0.29) is 23.5 Å². The molecule has 2 aromatic rings. The second-order valence-electron chi connectivity index (χ2n) is 5.31. The molecule has 2 N–H and O–H groups in total. The van der Waals surface area contributed by atoms with Crippen molar-refractivity contribution in [3.8, 4) is 0 Å². The summed E-state index contributed by atoms with van der Waals surface area (Å²) >= 11 is 5.97. The van der Waals surface area contributed by atoms with Crippen molar-refractivity contribution in [2.45, 2.75) is 23.6 Å². The molecule has 0 saturated heterocycles. The molecule has 0 aliphatic heterocycles. The van der Waals surface area contributed by atoms with Gasteiger partial charge in [0.25, 0.3) is 0 Å². The lowest BCUT2D eigenvalue weighted by Crippen LogP contribution is -2.27. The summed E-state index contributed by atoms with van der Waals surface area (Å²) in [5.41, 5.74) is 0.730. The van der Waals surface area contributed by atoms with Gasteiger partial charge in [0.2, 0.25) is 16.9 Å². The highest BCUT2D eigenvalue weighted by atomic mass is 79.9. The smallest absolute Gasteiger partial charge is 0.234 e. The number of hydrogen-bond acceptors (Lipinski definition) is 6. The molecule has 3 rings (SSSR count).